The maximum Gasteiger partial charge on any atom is 0.274 e. The van der Waals surface area contributed by atoms with Crippen molar-refractivity contribution in [2.45, 2.75) is 12.2 Å². The molecule has 22 heavy (non-hydrogen) atoms. The lowest BCUT2D eigenvalue weighted by Gasteiger charge is -2.16. The number of aryl methyl sites for hydroxylation is 1. The molecule has 1 amide bonds. The van der Waals surface area contributed by atoms with Crippen molar-refractivity contribution in [3.63, 3.8) is 0 Å². The topological polar surface area (TPSA) is 67.6 Å². The van der Waals surface area contributed by atoms with E-state index in [1.54, 1.807) is 30.2 Å². The molecule has 2 aromatic rings. The van der Waals surface area contributed by atoms with Crippen molar-refractivity contribution >= 4 is 5.91 Å². The summed E-state index contributed by atoms with van der Waals surface area (Å²) in [5.74, 6) is -0.340. The van der Waals surface area contributed by atoms with E-state index in [0.29, 0.717) is 11.4 Å². The maximum atomic E-state index is 13.1. The van der Waals surface area contributed by atoms with Gasteiger partial charge in [0.2, 0.25) is 0 Å². The van der Waals surface area contributed by atoms with Crippen molar-refractivity contribution in [2.24, 2.45) is 7.05 Å². The van der Waals surface area contributed by atoms with Gasteiger partial charge >= 0.3 is 0 Å². The van der Waals surface area contributed by atoms with E-state index in [1.165, 1.54) is 23.1 Å². The Morgan fingerprint density at radius 3 is 2.95 bits per heavy atom. The van der Waals surface area contributed by atoms with Gasteiger partial charge in [0.25, 0.3) is 5.91 Å². The molecule has 0 radical (unpaired) electrons. The van der Waals surface area contributed by atoms with E-state index < -0.39 is 18.0 Å². The number of imidazole rings is 1. The molecule has 1 saturated heterocycles. The van der Waals surface area contributed by atoms with Crippen molar-refractivity contribution in [2.75, 3.05) is 13.1 Å². The summed E-state index contributed by atoms with van der Waals surface area (Å²) in [6.07, 6.45) is 1.75. The Hall–Kier alpha value is -2.41. The van der Waals surface area contributed by atoms with Gasteiger partial charge in [-0.3, -0.25) is 4.79 Å². The van der Waals surface area contributed by atoms with Gasteiger partial charge in [-0.2, -0.15) is 0 Å². The number of aromatic nitrogens is 2. The molecule has 1 aliphatic rings. The predicted molar refractivity (Wildman–Crippen MR) is 75.9 cm³/mol. The number of amides is 1. The highest BCUT2D eigenvalue weighted by Crippen LogP contribution is 2.20. The summed E-state index contributed by atoms with van der Waals surface area (Å²) in [6.45, 7) is 0.391. The number of aliphatic hydroxyl groups excluding tert-OH is 1. The van der Waals surface area contributed by atoms with Gasteiger partial charge in [-0.05, 0) is 12.1 Å². The number of benzene rings is 1. The number of rotatable bonds is 3. The molecule has 1 aliphatic heterocycles. The van der Waals surface area contributed by atoms with Gasteiger partial charge in [0, 0.05) is 19.3 Å². The molecule has 7 heteroatoms. The van der Waals surface area contributed by atoms with Crippen LogP contribution in [0.25, 0.3) is 0 Å². The number of halogens is 1. The number of ether oxygens (including phenoxy) is 1. The minimum atomic E-state index is -0.823. The Balaban J connectivity index is 1.68. The summed E-state index contributed by atoms with van der Waals surface area (Å²) in [5, 5.41) is 10.1. The standard InChI is InChI=1S/C15H16FN3O3/c1-18-6-12(17-9-18)15(21)19-7-13(20)14(8-19)22-11-4-2-3-10(16)5-11/h2-6,9,13-14,20H,7-8H2,1H3/t13-,14-/m1/s1. The lowest BCUT2D eigenvalue weighted by atomic mass is 10.2. The van der Waals surface area contributed by atoms with Crippen LogP contribution >= 0.6 is 0 Å². The van der Waals surface area contributed by atoms with Crippen molar-refractivity contribution in [1.29, 1.82) is 0 Å². The number of nitrogens with zero attached hydrogens (tertiary/aromatic N) is 3. The van der Waals surface area contributed by atoms with Crippen LogP contribution in [-0.2, 0) is 7.05 Å². The van der Waals surface area contributed by atoms with Crippen LogP contribution in [-0.4, -0.2) is 50.8 Å². The van der Waals surface area contributed by atoms with Crippen LogP contribution in [0.2, 0.25) is 0 Å². The molecular formula is C15H16FN3O3. The Morgan fingerprint density at radius 2 is 2.27 bits per heavy atom. The number of hydrogen-bond donors (Lipinski definition) is 1. The first kappa shape index (κ1) is 14.5. The molecule has 2 atom stereocenters. The van der Waals surface area contributed by atoms with Gasteiger partial charge in [0.05, 0.1) is 19.4 Å². The summed E-state index contributed by atoms with van der Waals surface area (Å²) >= 11 is 0. The Labute approximate surface area is 126 Å². The molecule has 1 aromatic heterocycles. The molecule has 116 valence electrons. The second-order valence-corrected chi connectivity index (χ2v) is 5.32. The highest BCUT2D eigenvalue weighted by Gasteiger charge is 2.36. The second-order valence-electron chi connectivity index (χ2n) is 5.32. The zero-order chi connectivity index (χ0) is 15.7. The molecule has 1 N–H and O–H groups in total. The summed E-state index contributed by atoms with van der Waals surface area (Å²) in [5.41, 5.74) is 0.320. The lowest BCUT2D eigenvalue weighted by molar-refractivity contribution is 0.0727. The number of aliphatic hydroxyl groups is 1. The molecule has 1 fully saturated rings. The normalized spacial score (nSPS) is 21.1. The van der Waals surface area contributed by atoms with E-state index in [1.807, 2.05) is 0 Å². The van der Waals surface area contributed by atoms with Crippen LogP contribution < -0.4 is 4.74 Å². The van der Waals surface area contributed by atoms with Crippen molar-refractivity contribution in [1.82, 2.24) is 14.5 Å². The molecule has 2 heterocycles. The first-order valence-electron chi connectivity index (χ1n) is 6.90. The summed E-state index contributed by atoms with van der Waals surface area (Å²) in [6, 6.07) is 5.70. The van der Waals surface area contributed by atoms with Gasteiger partial charge in [-0.15, -0.1) is 0 Å². The third-order valence-corrected chi connectivity index (χ3v) is 3.53. The van der Waals surface area contributed by atoms with Gasteiger partial charge < -0.3 is 19.3 Å². The average Bonchev–Trinajstić information content (AvgIpc) is 3.05. The fourth-order valence-electron chi connectivity index (χ4n) is 2.44. The number of carbonyl (C=O) groups excluding carboxylic acids is 1. The van der Waals surface area contributed by atoms with Crippen LogP contribution in [0.3, 0.4) is 0 Å². The molecule has 1 aromatic carbocycles. The summed E-state index contributed by atoms with van der Waals surface area (Å²) in [4.78, 5) is 17.8. The van der Waals surface area contributed by atoms with E-state index in [4.69, 9.17) is 4.74 Å². The monoisotopic (exact) mass is 305 g/mol. The first-order valence-corrected chi connectivity index (χ1v) is 6.90. The largest absolute Gasteiger partial charge is 0.486 e. The Morgan fingerprint density at radius 1 is 1.45 bits per heavy atom. The Kier molecular flexibility index (Phi) is 3.81. The molecule has 0 aliphatic carbocycles. The molecule has 6 nitrogen and oxygen atoms in total. The quantitative estimate of drug-likeness (QED) is 0.912. The van der Waals surface area contributed by atoms with Gasteiger partial charge in [-0.25, -0.2) is 9.37 Å². The fraction of sp³-hybridized carbons (Fsp3) is 0.333. The predicted octanol–water partition coefficient (Wildman–Crippen LogP) is 0.823. The van der Waals surface area contributed by atoms with Crippen LogP contribution in [0.1, 0.15) is 10.5 Å². The van der Waals surface area contributed by atoms with Gasteiger partial charge in [-0.1, -0.05) is 6.07 Å². The lowest BCUT2D eigenvalue weighted by Crippen LogP contribution is -2.31. The van der Waals surface area contributed by atoms with Crippen molar-refractivity contribution < 1.29 is 19.0 Å². The van der Waals surface area contributed by atoms with Crippen LogP contribution in [0.4, 0.5) is 4.39 Å². The van der Waals surface area contributed by atoms with E-state index >= 15 is 0 Å². The zero-order valence-electron chi connectivity index (χ0n) is 12.0. The number of β-amino-alcohol motifs (C(OH)–C–C–N with tert-alkyl or cyclic N) is 1. The fourth-order valence-corrected chi connectivity index (χ4v) is 2.44. The molecular weight excluding hydrogens is 289 g/mol. The van der Waals surface area contributed by atoms with Crippen LogP contribution in [0.5, 0.6) is 5.75 Å². The van der Waals surface area contributed by atoms with Gasteiger partial charge in [0.1, 0.15) is 29.5 Å². The Bertz CT molecular complexity index is 688. The zero-order valence-corrected chi connectivity index (χ0v) is 12.0. The summed E-state index contributed by atoms with van der Waals surface area (Å²) < 4.78 is 20.4. The third-order valence-electron chi connectivity index (χ3n) is 3.53. The highest BCUT2D eigenvalue weighted by molar-refractivity contribution is 5.92. The molecule has 0 bridgehead atoms. The van der Waals surface area contributed by atoms with E-state index in [9.17, 15) is 14.3 Å². The van der Waals surface area contributed by atoms with E-state index in [0.717, 1.165) is 0 Å². The van der Waals surface area contributed by atoms with Crippen molar-refractivity contribution in [3.05, 3.63) is 48.3 Å². The average molecular weight is 305 g/mol. The smallest absolute Gasteiger partial charge is 0.274 e. The minimum Gasteiger partial charge on any atom is -0.486 e. The van der Waals surface area contributed by atoms with Crippen LogP contribution in [0, 0.1) is 5.82 Å². The highest BCUT2D eigenvalue weighted by atomic mass is 19.1. The summed E-state index contributed by atoms with van der Waals surface area (Å²) in [7, 11) is 1.78. The number of likely N-dealkylation sites (tertiary alicyclic amines) is 1. The third kappa shape index (κ3) is 2.94. The molecule has 0 unspecified atom stereocenters. The number of hydrogen-bond acceptors (Lipinski definition) is 4. The minimum absolute atomic E-state index is 0.162. The first-order chi connectivity index (χ1) is 10.5. The van der Waals surface area contributed by atoms with E-state index in [2.05, 4.69) is 4.98 Å². The molecule has 0 spiro atoms. The molecule has 3 rings (SSSR count). The van der Waals surface area contributed by atoms with E-state index in [-0.39, 0.29) is 19.0 Å². The van der Waals surface area contributed by atoms with Crippen LogP contribution in [0.15, 0.2) is 36.8 Å². The van der Waals surface area contributed by atoms with Gasteiger partial charge in [0.15, 0.2) is 0 Å². The molecule has 0 saturated carbocycles. The maximum absolute atomic E-state index is 13.1. The number of carbonyl (C=O) groups is 1. The van der Waals surface area contributed by atoms with Crippen molar-refractivity contribution in [3.8, 4) is 5.75 Å². The SMILES string of the molecule is Cn1cnc(C(=O)N2C[C@@H](O)[C@H](Oc3cccc(F)c3)C2)c1. The second kappa shape index (κ2) is 5.76.